The monoisotopic (exact) mass is 663 g/mol. The molecule has 1 fully saturated rings. The van der Waals surface area contributed by atoms with Gasteiger partial charge in [0.1, 0.15) is 18.5 Å². The maximum Gasteiger partial charge on any atom is 0.322 e. The number of nitrogens with one attached hydrogen (secondary N) is 2. The number of nitrogens with two attached hydrogens (primary N) is 1. The molecule has 2 amide bonds. The molecule has 0 spiro atoms. The standard InChI is InChI=1S/C38H45N7O4/c39-18-4-20-47-21-22-48-23-24-49-37-25-32(17-19-41-37)31-8-12-34(13-9-31)45(38(46)43-27-29-5-2-1-3-6-29)35-14-10-33(11-15-35)44-36-16-7-30(26-40)28-42-36/h1-3,5-9,12-13,16-17,19,25,28,33,35H,4,10-11,14-15,18,20-24,27,39H2,(H,42,44)(H,43,46). The minimum atomic E-state index is -0.120. The summed E-state index contributed by atoms with van der Waals surface area (Å²) in [5, 5.41) is 15.7. The Balaban J connectivity index is 1.20. The predicted molar refractivity (Wildman–Crippen MR) is 190 cm³/mol. The summed E-state index contributed by atoms with van der Waals surface area (Å²) in [7, 11) is 0. The number of urea groups is 1. The highest BCUT2D eigenvalue weighted by Gasteiger charge is 2.30. The molecule has 2 aromatic carbocycles. The first kappa shape index (κ1) is 35.3. The van der Waals surface area contributed by atoms with Gasteiger partial charge in [-0.15, -0.1) is 0 Å². The molecule has 49 heavy (non-hydrogen) atoms. The van der Waals surface area contributed by atoms with Gasteiger partial charge >= 0.3 is 6.03 Å². The van der Waals surface area contributed by atoms with E-state index < -0.39 is 0 Å². The van der Waals surface area contributed by atoms with Crippen LogP contribution >= 0.6 is 0 Å². The number of ether oxygens (including phenoxy) is 3. The largest absolute Gasteiger partial charge is 0.475 e. The number of aromatic nitrogens is 2. The van der Waals surface area contributed by atoms with Gasteiger partial charge in [0.25, 0.3) is 0 Å². The Bertz CT molecular complexity index is 1610. The summed E-state index contributed by atoms with van der Waals surface area (Å²) in [5.41, 5.74) is 9.85. The quantitative estimate of drug-likeness (QED) is 0.117. The highest BCUT2D eigenvalue weighted by molar-refractivity contribution is 5.93. The van der Waals surface area contributed by atoms with Gasteiger partial charge in [0, 0.05) is 49.4 Å². The zero-order valence-electron chi connectivity index (χ0n) is 27.8. The average Bonchev–Trinajstić information content (AvgIpc) is 3.15. The number of nitriles is 1. The molecule has 0 aliphatic heterocycles. The lowest BCUT2D eigenvalue weighted by Crippen LogP contribution is -2.48. The van der Waals surface area contributed by atoms with Gasteiger partial charge in [-0.05, 0) is 85.7 Å². The molecule has 11 heteroatoms. The molecular formula is C38H45N7O4. The predicted octanol–water partition coefficient (Wildman–Crippen LogP) is 5.92. The van der Waals surface area contributed by atoms with Crippen LogP contribution in [0.2, 0.25) is 0 Å². The lowest BCUT2D eigenvalue weighted by molar-refractivity contribution is 0.0356. The Kier molecular flexibility index (Phi) is 13.8. The third kappa shape index (κ3) is 11.0. The summed E-state index contributed by atoms with van der Waals surface area (Å²) in [4.78, 5) is 24.4. The molecule has 2 aromatic heterocycles. The zero-order chi connectivity index (χ0) is 34.1. The van der Waals surface area contributed by atoms with E-state index in [1.165, 1.54) is 0 Å². The first-order chi connectivity index (χ1) is 24.1. The summed E-state index contributed by atoms with van der Waals surface area (Å²) < 4.78 is 16.8. The SMILES string of the molecule is N#Cc1ccc(NC2CCC(N(C(=O)NCc3ccccc3)c3ccc(-c4ccnc(OCCOCCOCCCN)c4)cc3)CC2)nc1. The molecule has 5 rings (SSSR count). The van der Waals surface area contributed by atoms with Crippen molar-refractivity contribution in [2.45, 2.75) is 50.7 Å². The van der Waals surface area contributed by atoms with Crippen molar-refractivity contribution in [3.63, 3.8) is 0 Å². The van der Waals surface area contributed by atoms with Crippen molar-refractivity contribution in [3.8, 4) is 23.1 Å². The van der Waals surface area contributed by atoms with Gasteiger partial charge in [-0.2, -0.15) is 5.26 Å². The molecule has 0 unspecified atom stereocenters. The molecular weight excluding hydrogens is 618 g/mol. The smallest absolute Gasteiger partial charge is 0.322 e. The van der Waals surface area contributed by atoms with Crippen LogP contribution in [0.3, 0.4) is 0 Å². The number of rotatable bonds is 17. The number of nitrogens with zero attached hydrogens (tertiary/aromatic N) is 4. The second kappa shape index (κ2) is 19.1. The van der Waals surface area contributed by atoms with Crippen LogP contribution in [-0.2, 0) is 16.0 Å². The average molecular weight is 664 g/mol. The van der Waals surface area contributed by atoms with Crippen molar-refractivity contribution < 1.29 is 19.0 Å². The van der Waals surface area contributed by atoms with Crippen molar-refractivity contribution >= 4 is 17.5 Å². The van der Waals surface area contributed by atoms with Gasteiger partial charge < -0.3 is 30.6 Å². The van der Waals surface area contributed by atoms with Crippen LogP contribution in [0.15, 0.2) is 91.3 Å². The molecule has 4 aromatic rings. The number of carbonyl (C=O) groups excluding carboxylic acids is 1. The van der Waals surface area contributed by atoms with E-state index in [0.29, 0.717) is 57.6 Å². The molecule has 0 radical (unpaired) electrons. The molecule has 11 nitrogen and oxygen atoms in total. The molecule has 0 bridgehead atoms. The van der Waals surface area contributed by atoms with Crippen molar-refractivity contribution in [2.75, 3.05) is 49.8 Å². The van der Waals surface area contributed by atoms with Gasteiger partial charge in [-0.25, -0.2) is 14.8 Å². The molecule has 2 heterocycles. The normalized spacial score (nSPS) is 15.6. The van der Waals surface area contributed by atoms with E-state index in [1.807, 2.05) is 77.7 Å². The van der Waals surface area contributed by atoms with E-state index in [2.05, 4.69) is 26.7 Å². The Morgan fingerprint density at radius 3 is 2.35 bits per heavy atom. The van der Waals surface area contributed by atoms with Crippen LogP contribution in [-0.4, -0.2) is 67.7 Å². The van der Waals surface area contributed by atoms with Crippen LogP contribution < -0.4 is 26.0 Å². The third-order valence-corrected chi connectivity index (χ3v) is 8.37. The number of carbonyl (C=O) groups is 1. The summed E-state index contributed by atoms with van der Waals surface area (Å²) in [5.74, 6) is 1.28. The molecule has 1 aliphatic rings. The first-order valence-electron chi connectivity index (χ1n) is 16.9. The number of pyridine rings is 2. The van der Waals surface area contributed by atoms with Crippen molar-refractivity contribution in [3.05, 3.63) is 102 Å². The molecule has 0 atom stereocenters. The van der Waals surface area contributed by atoms with Crippen molar-refractivity contribution in [1.82, 2.24) is 15.3 Å². The fourth-order valence-corrected chi connectivity index (χ4v) is 5.78. The van der Waals surface area contributed by atoms with Crippen LogP contribution in [0.1, 0.15) is 43.2 Å². The maximum atomic E-state index is 13.8. The van der Waals surface area contributed by atoms with E-state index in [-0.39, 0.29) is 18.1 Å². The maximum absolute atomic E-state index is 13.8. The molecule has 4 N–H and O–H groups in total. The number of hydrogen-bond donors (Lipinski definition) is 3. The molecule has 0 saturated heterocycles. The van der Waals surface area contributed by atoms with Gasteiger partial charge in [0.2, 0.25) is 5.88 Å². The first-order valence-corrected chi connectivity index (χ1v) is 16.9. The number of hydrogen-bond acceptors (Lipinski definition) is 9. The van der Waals surface area contributed by atoms with Crippen LogP contribution in [0.4, 0.5) is 16.3 Å². The highest BCUT2D eigenvalue weighted by atomic mass is 16.5. The van der Waals surface area contributed by atoms with Gasteiger partial charge in [-0.1, -0.05) is 42.5 Å². The van der Waals surface area contributed by atoms with Crippen molar-refractivity contribution in [2.24, 2.45) is 5.73 Å². The van der Waals surface area contributed by atoms with E-state index in [1.54, 1.807) is 18.5 Å². The minimum absolute atomic E-state index is 0.0363. The summed E-state index contributed by atoms with van der Waals surface area (Å²) in [6, 6.07) is 27.7. The van der Waals surface area contributed by atoms with E-state index in [4.69, 9.17) is 25.2 Å². The van der Waals surface area contributed by atoms with Gasteiger partial charge in [0.05, 0.1) is 25.4 Å². The lowest BCUT2D eigenvalue weighted by atomic mass is 9.89. The topological polar surface area (TPSA) is 148 Å². The number of benzene rings is 2. The van der Waals surface area contributed by atoms with Crippen LogP contribution in [0, 0.1) is 11.3 Å². The van der Waals surface area contributed by atoms with E-state index in [0.717, 1.165) is 60.3 Å². The van der Waals surface area contributed by atoms with Crippen molar-refractivity contribution in [1.29, 1.82) is 5.26 Å². The molecule has 1 aliphatic carbocycles. The molecule has 1 saturated carbocycles. The Hall–Kier alpha value is -5.02. The summed E-state index contributed by atoms with van der Waals surface area (Å²) in [6.45, 7) is 3.57. The third-order valence-electron chi connectivity index (χ3n) is 8.37. The molecule has 256 valence electrons. The van der Waals surface area contributed by atoms with E-state index >= 15 is 0 Å². The zero-order valence-corrected chi connectivity index (χ0v) is 27.8. The number of amides is 2. The second-order valence-electron chi connectivity index (χ2n) is 11.9. The summed E-state index contributed by atoms with van der Waals surface area (Å²) >= 11 is 0. The second-order valence-corrected chi connectivity index (χ2v) is 11.9. The Labute approximate surface area is 288 Å². The Morgan fingerprint density at radius 1 is 0.878 bits per heavy atom. The number of anilines is 2. The summed E-state index contributed by atoms with van der Waals surface area (Å²) in [6.07, 6.45) is 7.61. The van der Waals surface area contributed by atoms with Gasteiger partial charge in [-0.3, -0.25) is 4.90 Å². The minimum Gasteiger partial charge on any atom is -0.475 e. The van der Waals surface area contributed by atoms with E-state index in [9.17, 15) is 4.79 Å². The highest BCUT2D eigenvalue weighted by Crippen LogP contribution is 2.31. The van der Waals surface area contributed by atoms with Gasteiger partial charge in [0.15, 0.2) is 0 Å². The lowest BCUT2D eigenvalue weighted by Gasteiger charge is -2.37. The van der Waals surface area contributed by atoms with Crippen LogP contribution in [0.5, 0.6) is 5.88 Å². The fraction of sp³-hybridized carbons (Fsp3) is 0.368. The Morgan fingerprint density at radius 2 is 1.63 bits per heavy atom. The fourth-order valence-electron chi connectivity index (χ4n) is 5.78. The van der Waals surface area contributed by atoms with Crippen LogP contribution in [0.25, 0.3) is 11.1 Å².